The first kappa shape index (κ1) is 19.9. The van der Waals surface area contributed by atoms with E-state index in [-0.39, 0.29) is 18.1 Å². The van der Waals surface area contributed by atoms with E-state index >= 15 is 0 Å². The van der Waals surface area contributed by atoms with Crippen LogP contribution >= 0.6 is 0 Å². The molecule has 0 saturated carbocycles. The summed E-state index contributed by atoms with van der Waals surface area (Å²) in [6, 6.07) is 15.0. The summed E-state index contributed by atoms with van der Waals surface area (Å²) in [5.74, 6) is -0.944. The highest BCUT2D eigenvalue weighted by Crippen LogP contribution is 2.25. The fraction of sp³-hybridized carbons (Fsp3) is 0.318. The fourth-order valence-corrected chi connectivity index (χ4v) is 3.89. The van der Waals surface area contributed by atoms with Crippen molar-refractivity contribution < 1.29 is 14.0 Å². The maximum Gasteiger partial charge on any atom is 0.270 e. The molecule has 0 aliphatic carbocycles. The van der Waals surface area contributed by atoms with Crippen LogP contribution in [-0.4, -0.2) is 54.6 Å². The molecular weight excluding hydrogens is 385 g/mol. The van der Waals surface area contributed by atoms with Crippen LogP contribution in [0.25, 0.3) is 0 Å². The second kappa shape index (κ2) is 8.52. The molecule has 156 valence electrons. The summed E-state index contributed by atoms with van der Waals surface area (Å²) < 4.78 is 13.2. The van der Waals surface area contributed by atoms with E-state index in [4.69, 9.17) is 5.73 Å². The van der Waals surface area contributed by atoms with E-state index < -0.39 is 11.9 Å². The number of para-hydroxylation sites is 1. The van der Waals surface area contributed by atoms with Gasteiger partial charge in [-0.1, -0.05) is 18.2 Å². The minimum atomic E-state index is -0.672. The highest BCUT2D eigenvalue weighted by molar-refractivity contribution is 6.40. The summed E-state index contributed by atoms with van der Waals surface area (Å²) in [5.41, 5.74) is 7.58. The Morgan fingerprint density at radius 3 is 2.37 bits per heavy atom. The Balaban J connectivity index is 1.47. The molecule has 4 rings (SSSR count). The zero-order chi connectivity index (χ0) is 21.1. The zero-order valence-corrected chi connectivity index (χ0v) is 16.6. The molecule has 2 aliphatic rings. The van der Waals surface area contributed by atoms with Gasteiger partial charge in [0.1, 0.15) is 17.6 Å². The molecule has 1 saturated heterocycles. The molecule has 0 spiro atoms. The summed E-state index contributed by atoms with van der Waals surface area (Å²) in [7, 11) is 0. The van der Waals surface area contributed by atoms with Gasteiger partial charge in [-0.25, -0.2) is 4.39 Å². The Hall–Kier alpha value is -3.42. The van der Waals surface area contributed by atoms with Crippen LogP contribution in [0.3, 0.4) is 0 Å². The number of nitrogens with two attached hydrogens (primary N) is 1. The van der Waals surface area contributed by atoms with E-state index in [1.807, 2.05) is 30.3 Å². The van der Waals surface area contributed by atoms with Crippen molar-refractivity contribution in [2.75, 3.05) is 36.1 Å². The molecule has 2 heterocycles. The van der Waals surface area contributed by atoms with Gasteiger partial charge < -0.3 is 15.5 Å². The first-order valence-electron chi connectivity index (χ1n) is 10.0. The molecule has 0 bridgehead atoms. The van der Waals surface area contributed by atoms with Gasteiger partial charge in [-0.05, 0) is 42.8 Å². The molecule has 8 heteroatoms. The van der Waals surface area contributed by atoms with E-state index in [1.165, 1.54) is 17.1 Å². The van der Waals surface area contributed by atoms with Gasteiger partial charge in [0.25, 0.3) is 5.91 Å². The van der Waals surface area contributed by atoms with Crippen molar-refractivity contribution >= 4 is 28.9 Å². The molecule has 1 fully saturated rings. The van der Waals surface area contributed by atoms with Crippen LogP contribution in [0.1, 0.15) is 12.8 Å². The van der Waals surface area contributed by atoms with Gasteiger partial charge in [-0.3, -0.25) is 14.6 Å². The predicted octanol–water partition coefficient (Wildman–Crippen LogP) is 1.98. The highest BCUT2D eigenvalue weighted by Gasteiger charge is 2.36. The third-order valence-corrected chi connectivity index (χ3v) is 5.48. The number of primary amides is 1. The number of nitrogens with zero attached hydrogens (tertiary/aromatic N) is 4. The lowest BCUT2D eigenvalue weighted by atomic mass is 10.1. The smallest absolute Gasteiger partial charge is 0.270 e. The zero-order valence-electron chi connectivity index (χ0n) is 16.6. The molecule has 0 radical (unpaired) electrons. The van der Waals surface area contributed by atoms with Gasteiger partial charge >= 0.3 is 0 Å². The van der Waals surface area contributed by atoms with Crippen LogP contribution in [0, 0.1) is 5.82 Å². The van der Waals surface area contributed by atoms with Crippen molar-refractivity contribution in [3.05, 3.63) is 60.4 Å². The normalized spacial score (nSPS) is 19.4. The van der Waals surface area contributed by atoms with Gasteiger partial charge in [-0.15, -0.1) is 0 Å². The van der Waals surface area contributed by atoms with Crippen LogP contribution in [0.4, 0.5) is 15.8 Å². The standard InChI is InChI=1S/C22H24FN5O2/c23-16-7-9-17(10-8-16)26-11-4-12-27(14-13-26)22(30)19-15-20(21(24)29)28(25-19)18-5-2-1-3-6-18/h1-3,5-10,20H,4,11-15H2,(H2,24,29). The van der Waals surface area contributed by atoms with Crippen molar-refractivity contribution in [2.45, 2.75) is 18.9 Å². The number of amides is 2. The Bertz CT molecular complexity index is 948. The van der Waals surface area contributed by atoms with E-state index in [1.54, 1.807) is 17.0 Å². The van der Waals surface area contributed by atoms with Gasteiger partial charge in [0.05, 0.1) is 5.69 Å². The lowest BCUT2D eigenvalue weighted by Gasteiger charge is -2.23. The summed E-state index contributed by atoms with van der Waals surface area (Å²) in [5, 5.41) is 6.00. The number of hydrogen-bond acceptors (Lipinski definition) is 5. The van der Waals surface area contributed by atoms with Gasteiger partial charge in [0.15, 0.2) is 0 Å². The van der Waals surface area contributed by atoms with Crippen LogP contribution in [-0.2, 0) is 9.59 Å². The van der Waals surface area contributed by atoms with Gasteiger partial charge in [0, 0.05) is 38.3 Å². The second-order valence-electron chi connectivity index (χ2n) is 7.46. The average molecular weight is 409 g/mol. The molecule has 30 heavy (non-hydrogen) atoms. The maximum atomic E-state index is 13.2. The lowest BCUT2D eigenvalue weighted by molar-refractivity contribution is -0.124. The molecule has 2 aliphatic heterocycles. The van der Waals surface area contributed by atoms with Crippen LogP contribution in [0.15, 0.2) is 59.7 Å². The van der Waals surface area contributed by atoms with Crippen molar-refractivity contribution in [1.82, 2.24) is 4.90 Å². The SMILES string of the molecule is NC(=O)C1CC(C(=O)N2CCCN(c3ccc(F)cc3)CC2)=NN1c1ccccc1. The van der Waals surface area contributed by atoms with Crippen LogP contribution < -0.4 is 15.6 Å². The first-order chi connectivity index (χ1) is 14.5. The number of halogens is 1. The Morgan fingerprint density at radius 1 is 0.933 bits per heavy atom. The predicted molar refractivity (Wildman–Crippen MR) is 114 cm³/mol. The summed E-state index contributed by atoms with van der Waals surface area (Å²) in [4.78, 5) is 29.0. The van der Waals surface area contributed by atoms with Crippen LogP contribution in [0.5, 0.6) is 0 Å². The molecule has 2 aromatic rings. The van der Waals surface area contributed by atoms with Gasteiger partial charge in [0.2, 0.25) is 5.91 Å². The topological polar surface area (TPSA) is 82.2 Å². The molecule has 0 aromatic heterocycles. The van der Waals surface area contributed by atoms with Crippen molar-refractivity contribution in [3.8, 4) is 0 Å². The molecule has 2 aromatic carbocycles. The second-order valence-corrected chi connectivity index (χ2v) is 7.46. The molecule has 7 nitrogen and oxygen atoms in total. The minimum absolute atomic E-state index is 0.166. The minimum Gasteiger partial charge on any atom is -0.370 e. The summed E-state index contributed by atoms with van der Waals surface area (Å²) in [6.45, 7) is 2.55. The number of benzene rings is 2. The van der Waals surface area contributed by atoms with Crippen LogP contribution in [0.2, 0.25) is 0 Å². The number of hydrogen-bond donors (Lipinski definition) is 1. The Morgan fingerprint density at radius 2 is 1.67 bits per heavy atom. The number of carbonyl (C=O) groups is 2. The molecule has 1 unspecified atom stereocenters. The van der Waals surface area contributed by atoms with E-state index in [0.717, 1.165) is 24.3 Å². The largest absolute Gasteiger partial charge is 0.370 e. The number of anilines is 2. The maximum absolute atomic E-state index is 13.2. The molecule has 2 N–H and O–H groups in total. The number of carbonyl (C=O) groups excluding carboxylic acids is 2. The van der Waals surface area contributed by atoms with Crippen molar-refractivity contribution in [3.63, 3.8) is 0 Å². The molecular formula is C22H24FN5O2. The quantitative estimate of drug-likeness (QED) is 0.837. The van der Waals surface area contributed by atoms with Gasteiger partial charge in [-0.2, -0.15) is 5.10 Å². The van der Waals surface area contributed by atoms with Crippen molar-refractivity contribution in [1.29, 1.82) is 0 Å². The Kier molecular flexibility index (Phi) is 5.65. The lowest BCUT2D eigenvalue weighted by Crippen LogP contribution is -2.41. The third-order valence-electron chi connectivity index (χ3n) is 5.48. The number of hydrazone groups is 1. The highest BCUT2D eigenvalue weighted by atomic mass is 19.1. The Labute approximate surface area is 174 Å². The van der Waals surface area contributed by atoms with E-state index in [2.05, 4.69) is 10.0 Å². The first-order valence-corrected chi connectivity index (χ1v) is 10.0. The summed E-state index contributed by atoms with van der Waals surface area (Å²) in [6.07, 6.45) is 0.985. The van der Waals surface area contributed by atoms with E-state index in [9.17, 15) is 14.0 Å². The summed E-state index contributed by atoms with van der Waals surface area (Å²) >= 11 is 0. The third kappa shape index (κ3) is 4.12. The average Bonchev–Trinajstić information content (AvgIpc) is 3.07. The van der Waals surface area contributed by atoms with Crippen molar-refractivity contribution in [2.24, 2.45) is 10.8 Å². The monoisotopic (exact) mass is 409 g/mol. The molecule has 1 atom stereocenters. The van der Waals surface area contributed by atoms with E-state index in [0.29, 0.717) is 25.3 Å². The molecule has 2 amide bonds. The fourth-order valence-electron chi connectivity index (χ4n) is 3.89. The number of rotatable bonds is 4.